The third-order valence-corrected chi connectivity index (χ3v) is 5.49. The first kappa shape index (κ1) is 18.6. The van der Waals surface area contributed by atoms with Gasteiger partial charge in [0.15, 0.2) is 5.82 Å². The third kappa shape index (κ3) is 4.14. The van der Waals surface area contributed by atoms with Gasteiger partial charge in [0.05, 0.1) is 0 Å². The molecule has 1 heterocycles. The lowest BCUT2D eigenvalue weighted by molar-refractivity contribution is 0.289. The molecule has 5 nitrogen and oxygen atoms in total. The molecule has 2 aromatic carbocycles. The van der Waals surface area contributed by atoms with Gasteiger partial charge >= 0.3 is 0 Å². The van der Waals surface area contributed by atoms with Crippen molar-refractivity contribution in [2.75, 3.05) is 5.84 Å². The molecule has 0 radical (unpaired) electrons. The molecule has 7 heteroatoms. The predicted octanol–water partition coefficient (Wildman–Crippen LogP) is 4.69. The Kier molecular flexibility index (Phi) is 5.74. The number of benzene rings is 2. The maximum absolute atomic E-state index is 6.27. The smallest absolute Gasteiger partial charge is 0.210 e. The van der Waals surface area contributed by atoms with Crippen LogP contribution < -0.4 is 10.6 Å². The molecule has 0 saturated heterocycles. The van der Waals surface area contributed by atoms with Gasteiger partial charge in [-0.25, -0.2) is 4.68 Å². The molecule has 0 fully saturated rings. The number of ether oxygens (including phenoxy) is 1. The molecule has 1 aromatic heterocycles. The van der Waals surface area contributed by atoms with Crippen molar-refractivity contribution in [3.05, 3.63) is 70.0 Å². The minimum Gasteiger partial charge on any atom is -0.485 e. The van der Waals surface area contributed by atoms with Crippen LogP contribution in [0, 0.1) is 13.8 Å². The van der Waals surface area contributed by atoms with Gasteiger partial charge in [0.25, 0.3) is 0 Å². The summed E-state index contributed by atoms with van der Waals surface area (Å²) in [5, 5.41) is 9.80. The van der Waals surface area contributed by atoms with E-state index in [2.05, 4.69) is 30.1 Å². The number of aryl methyl sites for hydroxylation is 2. The molecular formula is C19H21ClN4OS. The summed E-state index contributed by atoms with van der Waals surface area (Å²) in [5.41, 5.74) is 3.31. The third-order valence-electron chi connectivity index (χ3n) is 4.05. The number of nitrogen functional groups attached to an aromatic ring is 1. The molecule has 26 heavy (non-hydrogen) atoms. The molecule has 0 spiro atoms. The molecule has 2 N–H and O–H groups in total. The Balaban J connectivity index is 1.69. The minimum atomic E-state index is 0.100. The van der Waals surface area contributed by atoms with Crippen molar-refractivity contribution in [3.63, 3.8) is 0 Å². The van der Waals surface area contributed by atoms with E-state index in [4.69, 9.17) is 22.2 Å². The van der Waals surface area contributed by atoms with E-state index in [-0.39, 0.29) is 11.9 Å². The average molecular weight is 389 g/mol. The van der Waals surface area contributed by atoms with Crippen LogP contribution in [0.2, 0.25) is 5.02 Å². The van der Waals surface area contributed by atoms with Crippen LogP contribution in [0.3, 0.4) is 0 Å². The van der Waals surface area contributed by atoms with Crippen LogP contribution in [0.5, 0.6) is 5.75 Å². The molecule has 0 amide bonds. The summed E-state index contributed by atoms with van der Waals surface area (Å²) in [6.45, 7) is 6.39. The van der Waals surface area contributed by atoms with Crippen molar-refractivity contribution in [1.29, 1.82) is 0 Å². The quantitative estimate of drug-likeness (QED) is 0.490. The molecule has 136 valence electrons. The van der Waals surface area contributed by atoms with Gasteiger partial charge in [0.1, 0.15) is 12.4 Å². The average Bonchev–Trinajstić information content (AvgIpc) is 2.94. The Hall–Kier alpha value is -2.18. The molecule has 3 rings (SSSR count). The Bertz CT molecular complexity index is 912. The van der Waals surface area contributed by atoms with E-state index in [0.717, 1.165) is 21.9 Å². The van der Waals surface area contributed by atoms with E-state index in [1.807, 2.05) is 43.3 Å². The Morgan fingerprint density at radius 1 is 1.19 bits per heavy atom. The van der Waals surface area contributed by atoms with Crippen LogP contribution >= 0.6 is 23.4 Å². The van der Waals surface area contributed by atoms with Crippen molar-refractivity contribution in [3.8, 4) is 5.75 Å². The summed E-state index contributed by atoms with van der Waals surface area (Å²) >= 11 is 7.78. The van der Waals surface area contributed by atoms with Gasteiger partial charge in [0, 0.05) is 10.3 Å². The van der Waals surface area contributed by atoms with Crippen molar-refractivity contribution >= 4 is 23.4 Å². The summed E-state index contributed by atoms with van der Waals surface area (Å²) in [4.78, 5) is 0. The van der Waals surface area contributed by atoms with E-state index in [1.165, 1.54) is 22.0 Å². The van der Waals surface area contributed by atoms with E-state index >= 15 is 0 Å². The SMILES string of the molecule is Cc1ccc(OCc2nnc(S[C@@H](C)c3ccccc3Cl)n2N)c(C)c1. The summed E-state index contributed by atoms with van der Waals surface area (Å²) < 4.78 is 7.32. The van der Waals surface area contributed by atoms with E-state index < -0.39 is 0 Å². The molecule has 0 unspecified atom stereocenters. The molecule has 0 aliphatic heterocycles. The fourth-order valence-electron chi connectivity index (χ4n) is 2.62. The molecular weight excluding hydrogens is 368 g/mol. The highest BCUT2D eigenvalue weighted by atomic mass is 35.5. The molecule has 0 saturated carbocycles. The maximum Gasteiger partial charge on any atom is 0.210 e. The molecule has 3 aromatic rings. The number of hydrogen-bond acceptors (Lipinski definition) is 5. The summed E-state index contributed by atoms with van der Waals surface area (Å²) in [5.74, 6) is 7.54. The lowest BCUT2D eigenvalue weighted by atomic mass is 10.1. The van der Waals surface area contributed by atoms with Gasteiger partial charge in [0.2, 0.25) is 5.16 Å². The van der Waals surface area contributed by atoms with Crippen LogP contribution in [-0.2, 0) is 6.61 Å². The number of hydrogen-bond donors (Lipinski definition) is 1. The van der Waals surface area contributed by atoms with Crippen LogP contribution in [0.15, 0.2) is 47.6 Å². The zero-order chi connectivity index (χ0) is 18.7. The van der Waals surface area contributed by atoms with E-state index in [9.17, 15) is 0 Å². The van der Waals surface area contributed by atoms with Gasteiger partial charge in [-0.05, 0) is 44.0 Å². The lowest BCUT2D eigenvalue weighted by Crippen LogP contribution is -2.16. The highest BCUT2D eigenvalue weighted by Crippen LogP contribution is 2.36. The molecule has 1 atom stereocenters. The predicted molar refractivity (Wildman–Crippen MR) is 106 cm³/mol. The Morgan fingerprint density at radius 2 is 1.96 bits per heavy atom. The first-order chi connectivity index (χ1) is 12.5. The first-order valence-corrected chi connectivity index (χ1v) is 9.52. The first-order valence-electron chi connectivity index (χ1n) is 8.26. The summed E-state index contributed by atoms with van der Waals surface area (Å²) in [7, 11) is 0. The van der Waals surface area contributed by atoms with Gasteiger partial charge in [-0.2, -0.15) is 0 Å². The van der Waals surface area contributed by atoms with Crippen LogP contribution in [0.1, 0.15) is 34.7 Å². The fourth-order valence-corrected chi connectivity index (χ4v) is 3.94. The van der Waals surface area contributed by atoms with Gasteiger partial charge < -0.3 is 10.6 Å². The van der Waals surface area contributed by atoms with Gasteiger partial charge in [-0.3, -0.25) is 0 Å². The second-order valence-electron chi connectivity index (χ2n) is 6.11. The second kappa shape index (κ2) is 8.01. The number of aromatic nitrogens is 3. The van der Waals surface area contributed by atoms with Gasteiger partial charge in [-0.1, -0.05) is 59.3 Å². The number of nitrogens with two attached hydrogens (primary N) is 1. The zero-order valence-electron chi connectivity index (χ0n) is 14.9. The highest BCUT2D eigenvalue weighted by Gasteiger charge is 2.17. The minimum absolute atomic E-state index is 0.100. The largest absolute Gasteiger partial charge is 0.485 e. The lowest BCUT2D eigenvalue weighted by Gasteiger charge is -2.13. The fraction of sp³-hybridized carbons (Fsp3) is 0.263. The summed E-state index contributed by atoms with van der Waals surface area (Å²) in [6, 6.07) is 13.8. The Labute approximate surface area is 162 Å². The standard InChI is InChI=1S/C19H21ClN4OS/c1-12-8-9-17(13(2)10-12)25-11-18-22-23-19(24(18)21)26-14(3)15-6-4-5-7-16(15)20/h4-10,14H,11,21H2,1-3H3/t14-/m0/s1. The highest BCUT2D eigenvalue weighted by molar-refractivity contribution is 7.99. The van der Waals surface area contributed by atoms with Crippen molar-refractivity contribution in [2.24, 2.45) is 0 Å². The van der Waals surface area contributed by atoms with Crippen molar-refractivity contribution < 1.29 is 4.74 Å². The zero-order valence-corrected chi connectivity index (χ0v) is 16.5. The van der Waals surface area contributed by atoms with Crippen LogP contribution in [0.4, 0.5) is 0 Å². The number of thioether (sulfide) groups is 1. The number of halogens is 1. The normalized spacial score (nSPS) is 12.2. The molecule has 0 aliphatic carbocycles. The topological polar surface area (TPSA) is 66.0 Å². The second-order valence-corrected chi connectivity index (χ2v) is 7.82. The van der Waals surface area contributed by atoms with Crippen molar-refractivity contribution in [2.45, 2.75) is 37.8 Å². The molecule has 0 aliphatic rings. The van der Waals surface area contributed by atoms with E-state index in [0.29, 0.717) is 11.0 Å². The molecule has 0 bridgehead atoms. The maximum atomic E-state index is 6.27. The van der Waals surface area contributed by atoms with Crippen LogP contribution in [0.25, 0.3) is 0 Å². The van der Waals surface area contributed by atoms with Crippen molar-refractivity contribution in [1.82, 2.24) is 14.9 Å². The van der Waals surface area contributed by atoms with Gasteiger partial charge in [-0.15, -0.1) is 10.2 Å². The monoisotopic (exact) mass is 388 g/mol. The summed E-state index contributed by atoms with van der Waals surface area (Å²) in [6.07, 6.45) is 0. The number of rotatable bonds is 6. The van der Waals surface area contributed by atoms with E-state index in [1.54, 1.807) is 0 Å². The Morgan fingerprint density at radius 3 is 2.69 bits per heavy atom. The number of nitrogens with zero attached hydrogens (tertiary/aromatic N) is 3. The van der Waals surface area contributed by atoms with Crippen LogP contribution in [-0.4, -0.2) is 14.9 Å².